The van der Waals surface area contributed by atoms with Crippen molar-refractivity contribution in [2.75, 3.05) is 19.5 Å². The van der Waals surface area contributed by atoms with Crippen LogP contribution in [0.25, 0.3) is 0 Å². The summed E-state index contributed by atoms with van der Waals surface area (Å²) in [6.07, 6.45) is 1.56. The van der Waals surface area contributed by atoms with Gasteiger partial charge in [0, 0.05) is 5.75 Å². The molecule has 0 bridgehead atoms. The molecule has 31 heavy (non-hydrogen) atoms. The molecule has 10 heteroatoms. The fourth-order valence-electron chi connectivity index (χ4n) is 2.41. The lowest BCUT2D eigenvalue weighted by atomic mass is 10.2. The molecule has 0 unspecified atom stereocenters. The molecule has 0 aliphatic heterocycles. The molecule has 0 saturated carbocycles. The number of hydrazone groups is 1. The standard InChI is InChI=1S/C21H22N4O3S3/c1-3-28-17-10-9-16(11-18(17)27-2)12-22-23-19(26)14-30-21-25-24-20(31-21)29-13-15-7-5-4-6-8-15/h4-12H,3,13-14H2,1-2H3,(H,23,26)/b22-12+. The third-order valence-corrected chi connectivity index (χ3v) is 7.07. The van der Waals surface area contributed by atoms with Crippen molar-refractivity contribution in [3.63, 3.8) is 0 Å². The van der Waals surface area contributed by atoms with Gasteiger partial charge in [-0.25, -0.2) is 5.43 Å². The number of nitrogens with one attached hydrogen (secondary N) is 1. The van der Waals surface area contributed by atoms with Gasteiger partial charge in [0.1, 0.15) is 0 Å². The summed E-state index contributed by atoms with van der Waals surface area (Å²) in [5.74, 6) is 2.12. The number of amides is 1. The third-order valence-electron chi connectivity index (χ3n) is 3.81. The molecule has 1 amide bonds. The minimum Gasteiger partial charge on any atom is -0.493 e. The Hall–Kier alpha value is -2.56. The summed E-state index contributed by atoms with van der Waals surface area (Å²) in [6, 6.07) is 15.6. The zero-order chi connectivity index (χ0) is 21.9. The monoisotopic (exact) mass is 474 g/mol. The Morgan fingerprint density at radius 1 is 1.13 bits per heavy atom. The lowest BCUT2D eigenvalue weighted by molar-refractivity contribution is -0.118. The van der Waals surface area contributed by atoms with Gasteiger partial charge in [-0.2, -0.15) is 5.10 Å². The van der Waals surface area contributed by atoms with Crippen LogP contribution in [0.1, 0.15) is 18.1 Å². The maximum Gasteiger partial charge on any atom is 0.250 e. The predicted molar refractivity (Wildman–Crippen MR) is 127 cm³/mol. The molecule has 0 radical (unpaired) electrons. The Morgan fingerprint density at radius 3 is 2.65 bits per heavy atom. The van der Waals surface area contributed by atoms with E-state index in [0.717, 1.165) is 20.0 Å². The molecule has 0 fully saturated rings. The summed E-state index contributed by atoms with van der Waals surface area (Å²) in [4.78, 5) is 12.0. The highest BCUT2D eigenvalue weighted by Gasteiger charge is 2.09. The van der Waals surface area contributed by atoms with Crippen LogP contribution in [0.3, 0.4) is 0 Å². The van der Waals surface area contributed by atoms with Crippen LogP contribution in [0.4, 0.5) is 0 Å². The SMILES string of the molecule is CCOc1ccc(/C=N/NC(=O)CSc2nnc(SCc3ccccc3)s2)cc1OC. The number of ether oxygens (including phenoxy) is 2. The van der Waals surface area contributed by atoms with E-state index in [9.17, 15) is 4.79 Å². The van der Waals surface area contributed by atoms with Crippen molar-refractivity contribution >= 4 is 47.0 Å². The molecule has 0 aliphatic carbocycles. The molecule has 0 saturated heterocycles. The fourth-order valence-corrected chi connectivity index (χ4v) is 5.18. The molecule has 2 aromatic carbocycles. The van der Waals surface area contributed by atoms with Crippen molar-refractivity contribution in [1.82, 2.24) is 15.6 Å². The molecule has 0 spiro atoms. The summed E-state index contributed by atoms with van der Waals surface area (Å²) in [5, 5.41) is 12.3. The quantitative estimate of drug-likeness (QED) is 0.249. The summed E-state index contributed by atoms with van der Waals surface area (Å²) in [7, 11) is 1.58. The van der Waals surface area contributed by atoms with Crippen molar-refractivity contribution < 1.29 is 14.3 Å². The van der Waals surface area contributed by atoms with Crippen molar-refractivity contribution in [3.05, 3.63) is 59.7 Å². The van der Waals surface area contributed by atoms with E-state index in [1.165, 1.54) is 28.7 Å². The van der Waals surface area contributed by atoms with Gasteiger partial charge in [0.2, 0.25) is 0 Å². The average Bonchev–Trinajstić information content (AvgIpc) is 3.26. The van der Waals surface area contributed by atoms with E-state index in [0.29, 0.717) is 18.1 Å². The Balaban J connectivity index is 1.42. The normalized spacial score (nSPS) is 10.9. The van der Waals surface area contributed by atoms with Crippen LogP contribution < -0.4 is 14.9 Å². The van der Waals surface area contributed by atoms with E-state index in [2.05, 4.69) is 32.9 Å². The number of methoxy groups -OCH3 is 1. The van der Waals surface area contributed by atoms with E-state index in [4.69, 9.17) is 9.47 Å². The first-order valence-electron chi connectivity index (χ1n) is 9.43. The van der Waals surface area contributed by atoms with Gasteiger partial charge in [0.25, 0.3) is 5.91 Å². The zero-order valence-corrected chi connectivity index (χ0v) is 19.6. The molecular weight excluding hydrogens is 452 g/mol. The molecule has 1 aromatic heterocycles. The molecule has 0 atom stereocenters. The molecule has 1 N–H and O–H groups in total. The van der Waals surface area contributed by atoms with E-state index in [1.54, 1.807) is 31.2 Å². The molecule has 3 aromatic rings. The van der Waals surface area contributed by atoms with E-state index >= 15 is 0 Å². The maximum absolute atomic E-state index is 12.0. The Bertz CT molecular complexity index is 1010. The highest BCUT2D eigenvalue weighted by molar-refractivity contribution is 8.03. The lowest BCUT2D eigenvalue weighted by Gasteiger charge is -2.09. The number of hydrogen-bond acceptors (Lipinski definition) is 9. The van der Waals surface area contributed by atoms with Crippen LogP contribution in [0.2, 0.25) is 0 Å². The first kappa shape index (κ1) is 23.1. The van der Waals surface area contributed by atoms with Gasteiger partial charge in [0.15, 0.2) is 20.2 Å². The molecular formula is C21H22N4O3S3. The molecule has 0 aliphatic rings. The van der Waals surface area contributed by atoms with Gasteiger partial charge in [-0.15, -0.1) is 10.2 Å². The number of carbonyl (C=O) groups is 1. The fraction of sp³-hybridized carbons (Fsp3) is 0.238. The van der Waals surface area contributed by atoms with E-state index in [1.807, 2.05) is 37.3 Å². The number of rotatable bonds is 11. The van der Waals surface area contributed by atoms with Gasteiger partial charge in [-0.05, 0) is 36.2 Å². The third kappa shape index (κ3) is 7.57. The molecule has 162 valence electrons. The van der Waals surface area contributed by atoms with Crippen molar-refractivity contribution in [3.8, 4) is 11.5 Å². The smallest absolute Gasteiger partial charge is 0.250 e. The van der Waals surface area contributed by atoms with Gasteiger partial charge >= 0.3 is 0 Å². The molecule has 1 heterocycles. The highest BCUT2D eigenvalue weighted by atomic mass is 32.2. The number of thioether (sulfide) groups is 2. The van der Waals surface area contributed by atoms with Crippen LogP contribution in [-0.2, 0) is 10.5 Å². The van der Waals surface area contributed by atoms with Crippen molar-refractivity contribution in [2.24, 2.45) is 5.10 Å². The first-order valence-corrected chi connectivity index (χ1v) is 12.2. The van der Waals surface area contributed by atoms with E-state index < -0.39 is 0 Å². The first-order chi connectivity index (χ1) is 15.2. The van der Waals surface area contributed by atoms with Crippen LogP contribution in [0, 0.1) is 0 Å². The highest BCUT2D eigenvalue weighted by Crippen LogP contribution is 2.30. The lowest BCUT2D eigenvalue weighted by Crippen LogP contribution is -2.19. The number of hydrogen-bond donors (Lipinski definition) is 1. The van der Waals surface area contributed by atoms with Crippen LogP contribution in [0.15, 0.2) is 62.3 Å². The Morgan fingerprint density at radius 2 is 1.90 bits per heavy atom. The second kappa shape index (κ2) is 12.3. The number of aromatic nitrogens is 2. The summed E-state index contributed by atoms with van der Waals surface area (Å²) >= 11 is 4.46. The summed E-state index contributed by atoms with van der Waals surface area (Å²) in [5.41, 5.74) is 4.55. The largest absolute Gasteiger partial charge is 0.493 e. The Kier molecular flexibility index (Phi) is 9.19. The van der Waals surface area contributed by atoms with Crippen LogP contribution in [-0.4, -0.2) is 41.8 Å². The summed E-state index contributed by atoms with van der Waals surface area (Å²) < 4.78 is 12.4. The van der Waals surface area contributed by atoms with Gasteiger partial charge in [-0.3, -0.25) is 4.79 Å². The average molecular weight is 475 g/mol. The second-order valence-corrected chi connectivity index (χ2v) is 9.46. The van der Waals surface area contributed by atoms with Crippen molar-refractivity contribution in [2.45, 2.75) is 21.4 Å². The molecule has 7 nitrogen and oxygen atoms in total. The minimum atomic E-state index is -0.215. The molecule has 3 rings (SSSR count). The van der Waals surface area contributed by atoms with Crippen molar-refractivity contribution in [1.29, 1.82) is 0 Å². The maximum atomic E-state index is 12.0. The van der Waals surface area contributed by atoms with Gasteiger partial charge in [0.05, 0.1) is 25.7 Å². The number of carbonyl (C=O) groups excluding carboxylic acids is 1. The second-order valence-electron chi connectivity index (χ2n) is 6.03. The topological polar surface area (TPSA) is 85.7 Å². The van der Waals surface area contributed by atoms with Crippen LogP contribution in [0.5, 0.6) is 11.5 Å². The summed E-state index contributed by atoms with van der Waals surface area (Å²) in [6.45, 7) is 2.47. The van der Waals surface area contributed by atoms with Gasteiger partial charge < -0.3 is 9.47 Å². The zero-order valence-electron chi connectivity index (χ0n) is 17.1. The predicted octanol–water partition coefficient (Wildman–Crippen LogP) is 4.48. The van der Waals surface area contributed by atoms with Crippen LogP contribution >= 0.6 is 34.9 Å². The van der Waals surface area contributed by atoms with E-state index in [-0.39, 0.29) is 11.7 Å². The van der Waals surface area contributed by atoms with Gasteiger partial charge in [-0.1, -0.05) is 65.2 Å². The number of nitrogens with zero attached hydrogens (tertiary/aromatic N) is 3. The number of benzene rings is 2. The Labute approximate surface area is 193 Å². The minimum absolute atomic E-state index is 0.210.